The van der Waals surface area contributed by atoms with Gasteiger partial charge in [-0.3, -0.25) is 4.98 Å². The zero-order valence-corrected chi connectivity index (χ0v) is 9.23. The van der Waals surface area contributed by atoms with Gasteiger partial charge < -0.3 is 5.21 Å². The highest BCUT2D eigenvalue weighted by Crippen LogP contribution is 2.24. The van der Waals surface area contributed by atoms with Crippen LogP contribution in [0, 0.1) is 17.1 Å². The Morgan fingerprint density at radius 2 is 2.12 bits per heavy atom. The highest BCUT2D eigenvalue weighted by molar-refractivity contribution is 5.77. The summed E-state index contributed by atoms with van der Waals surface area (Å²) >= 11 is 0. The highest BCUT2D eigenvalue weighted by Gasteiger charge is 2.17. The molecule has 2 heterocycles. The molecular formula is C12H12FN3O. The van der Waals surface area contributed by atoms with Crippen molar-refractivity contribution >= 4 is 5.57 Å². The van der Waals surface area contributed by atoms with E-state index in [9.17, 15) is 9.60 Å². The molecule has 0 bridgehead atoms. The van der Waals surface area contributed by atoms with E-state index in [1.165, 1.54) is 17.2 Å². The standard InChI is InChI=1S/C12H12FN3O/c13-10-1-2-12(15-8-10)11(7-14)9-3-5-16(17)6-4-9/h1-2,8,17H,3-6H2. The second-order valence-corrected chi connectivity index (χ2v) is 3.91. The molecule has 0 atom stereocenters. The SMILES string of the molecule is N#CC(=C1CCN(O)CC1)c1ccc(F)cn1. The van der Waals surface area contributed by atoms with Gasteiger partial charge in [-0.25, -0.2) is 4.39 Å². The van der Waals surface area contributed by atoms with Crippen molar-refractivity contribution in [1.29, 1.82) is 5.26 Å². The van der Waals surface area contributed by atoms with Crippen LogP contribution >= 0.6 is 0 Å². The van der Waals surface area contributed by atoms with Crippen LogP contribution in [-0.4, -0.2) is 28.3 Å². The van der Waals surface area contributed by atoms with Gasteiger partial charge in [0.25, 0.3) is 0 Å². The molecule has 1 saturated heterocycles. The summed E-state index contributed by atoms with van der Waals surface area (Å²) in [5.74, 6) is -0.416. The number of hydrogen-bond acceptors (Lipinski definition) is 4. The van der Waals surface area contributed by atoms with Gasteiger partial charge in [-0.15, -0.1) is 0 Å². The minimum atomic E-state index is -0.416. The Balaban J connectivity index is 2.30. The summed E-state index contributed by atoms with van der Waals surface area (Å²) in [5, 5.41) is 19.6. The molecule has 1 fully saturated rings. The molecule has 2 rings (SSSR count). The van der Waals surface area contributed by atoms with Gasteiger partial charge in [0.05, 0.1) is 17.5 Å². The number of halogens is 1. The Morgan fingerprint density at radius 1 is 1.41 bits per heavy atom. The second-order valence-electron chi connectivity index (χ2n) is 3.91. The zero-order valence-electron chi connectivity index (χ0n) is 9.23. The maximum Gasteiger partial charge on any atom is 0.141 e. The van der Waals surface area contributed by atoms with Crippen molar-refractivity contribution in [2.24, 2.45) is 0 Å². The average Bonchev–Trinajstić information content (AvgIpc) is 2.35. The summed E-state index contributed by atoms with van der Waals surface area (Å²) in [6.07, 6.45) is 2.38. The lowest BCUT2D eigenvalue weighted by atomic mass is 9.97. The Bertz CT molecular complexity index is 466. The normalized spacial score (nSPS) is 16.6. The number of nitrogens with zero attached hydrogens (tertiary/aromatic N) is 3. The number of hydroxylamine groups is 2. The Labute approximate surface area is 98.6 Å². The van der Waals surface area contributed by atoms with Gasteiger partial charge in [0.15, 0.2) is 0 Å². The molecule has 1 aromatic heterocycles. The van der Waals surface area contributed by atoms with Crippen LogP contribution in [0.3, 0.4) is 0 Å². The fraction of sp³-hybridized carbons (Fsp3) is 0.333. The number of hydrogen-bond donors (Lipinski definition) is 1. The van der Waals surface area contributed by atoms with Crippen LogP contribution in [0.15, 0.2) is 23.9 Å². The third kappa shape index (κ3) is 2.67. The molecule has 1 aliphatic rings. The summed E-state index contributed by atoms with van der Waals surface area (Å²) in [4.78, 5) is 3.91. The van der Waals surface area contributed by atoms with E-state index in [2.05, 4.69) is 11.1 Å². The first-order chi connectivity index (χ1) is 8.20. The molecule has 0 radical (unpaired) electrons. The molecule has 0 spiro atoms. The van der Waals surface area contributed by atoms with E-state index in [1.54, 1.807) is 0 Å². The van der Waals surface area contributed by atoms with E-state index in [0.29, 0.717) is 37.2 Å². The second kappa shape index (κ2) is 5.04. The molecular weight excluding hydrogens is 221 g/mol. The maximum absolute atomic E-state index is 12.7. The summed E-state index contributed by atoms with van der Waals surface area (Å²) in [6, 6.07) is 4.92. The molecule has 0 aromatic carbocycles. The van der Waals surface area contributed by atoms with Crippen LogP contribution in [0.1, 0.15) is 18.5 Å². The molecule has 5 heteroatoms. The van der Waals surface area contributed by atoms with Crippen molar-refractivity contribution in [2.75, 3.05) is 13.1 Å². The lowest BCUT2D eigenvalue weighted by Crippen LogP contribution is -2.27. The van der Waals surface area contributed by atoms with Crippen molar-refractivity contribution in [3.63, 3.8) is 0 Å². The summed E-state index contributed by atoms with van der Waals surface area (Å²) in [6.45, 7) is 1.03. The van der Waals surface area contributed by atoms with Crippen molar-refractivity contribution in [2.45, 2.75) is 12.8 Å². The first kappa shape index (κ1) is 11.7. The summed E-state index contributed by atoms with van der Waals surface area (Å²) in [5.41, 5.74) is 1.96. The van der Waals surface area contributed by atoms with Crippen molar-refractivity contribution < 1.29 is 9.60 Å². The summed E-state index contributed by atoms with van der Waals surface area (Å²) < 4.78 is 12.7. The minimum Gasteiger partial charge on any atom is -0.314 e. The van der Waals surface area contributed by atoms with E-state index in [4.69, 9.17) is 5.26 Å². The van der Waals surface area contributed by atoms with E-state index in [-0.39, 0.29) is 0 Å². The molecule has 1 aliphatic heterocycles. The quantitative estimate of drug-likeness (QED) is 0.753. The van der Waals surface area contributed by atoms with E-state index in [1.807, 2.05) is 0 Å². The highest BCUT2D eigenvalue weighted by atomic mass is 19.1. The van der Waals surface area contributed by atoms with Crippen molar-refractivity contribution in [1.82, 2.24) is 10.0 Å². The first-order valence-corrected chi connectivity index (χ1v) is 5.38. The Kier molecular flexibility index (Phi) is 3.47. The molecule has 0 aliphatic carbocycles. The fourth-order valence-electron chi connectivity index (χ4n) is 1.86. The monoisotopic (exact) mass is 233 g/mol. The number of piperidine rings is 1. The molecule has 1 N–H and O–H groups in total. The number of rotatable bonds is 1. The predicted molar refractivity (Wildman–Crippen MR) is 59.3 cm³/mol. The van der Waals surface area contributed by atoms with Crippen LogP contribution in [0.2, 0.25) is 0 Å². The van der Waals surface area contributed by atoms with E-state index in [0.717, 1.165) is 11.8 Å². The number of aromatic nitrogens is 1. The molecule has 1 aromatic rings. The van der Waals surface area contributed by atoms with Gasteiger partial charge in [0, 0.05) is 13.1 Å². The van der Waals surface area contributed by atoms with Crippen LogP contribution in [-0.2, 0) is 0 Å². The smallest absolute Gasteiger partial charge is 0.141 e. The minimum absolute atomic E-state index is 0.416. The average molecular weight is 233 g/mol. The predicted octanol–water partition coefficient (Wildman–Crippen LogP) is 1.98. The van der Waals surface area contributed by atoms with Crippen molar-refractivity contribution in [3.05, 3.63) is 35.4 Å². The van der Waals surface area contributed by atoms with E-state index >= 15 is 0 Å². The van der Waals surface area contributed by atoms with E-state index < -0.39 is 5.82 Å². The van der Waals surface area contributed by atoms with Crippen LogP contribution in [0.5, 0.6) is 0 Å². The fourth-order valence-corrected chi connectivity index (χ4v) is 1.86. The van der Waals surface area contributed by atoms with Gasteiger partial charge in [-0.2, -0.15) is 10.3 Å². The Hall–Kier alpha value is -1.77. The third-order valence-corrected chi connectivity index (χ3v) is 2.79. The van der Waals surface area contributed by atoms with Crippen LogP contribution < -0.4 is 0 Å². The lowest BCUT2D eigenvalue weighted by molar-refractivity contribution is -0.0958. The van der Waals surface area contributed by atoms with Crippen LogP contribution in [0.25, 0.3) is 5.57 Å². The van der Waals surface area contributed by atoms with Gasteiger partial charge >= 0.3 is 0 Å². The van der Waals surface area contributed by atoms with Gasteiger partial charge in [-0.1, -0.05) is 0 Å². The summed E-state index contributed by atoms with van der Waals surface area (Å²) in [7, 11) is 0. The van der Waals surface area contributed by atoms with Crippen LogP contribution in [0.4, 0.5) is 4.39 Å². The molecule has 88 valence electrons. The molecule has 0 saturated carbocycles. The Morgan fingerprint density at radius 3 is 2.65 bits per heavy atom. The number of allylic oxidation sites excluding steroid dienone is 1. The zero-order chi connectivity index (χ0) is 12.3. The first-order valence-electron chi connectivity index (χ1n) is 5.38. The topological polar surface area (TPSA) is 60.2 Å². The largest absolute Gasteiger partial charge is 0.314 e. The van der Waals surface area contributed by atoms with Crippen molar-refractivity contribution in [3.8, 4) is 6.07 Å². The maximum atomic E-state index is 12.7. The van der Waals surface area contributed by atoms with Gasteiger partial charge in [-0.05, 0) is 30.5 Å². The number of nitriles is 1. The third-order valence-electron chi connectivity index (χ3n) is 2.79. The lowest BCUT2D eigenvalue weighted by Gasteiger charge is -2.23. The molecule has 17 heavy (non-hydrogen) atoms. The molecule has 4 nitrogen and oxygen atoms in total. The number of pyridine rings is 1. The van der Waals surface area contributed by atoms with Gasteiger partial charge in [0.1, 0.15) is 11.9 Å². The van der Waals surface area contributed by atoms with Gasteiger partial charge in [0.2, 0.25) is 0 Å². The molecule has 0 amide bonds. The molecule has 0 unspecified atom stereocenters.